The van der Waals surface area contributed by atoms with Gasteiger partial charge in [-0.2, -0.15) is 0 Å². The Balaban J connectivity index is 2.27. The molecule has 2 aromatic carbocycles. The summed E-state index contributed by atoms with van der Waals surface area (Å²) in [7, 11) is 0. The van der Waals surface area contributed by atoms with Crippen molar-refractivity contribution in [2.45, 2.75) is 0 Å². The number of carbonyl (C=O) groups is 2. The molecule has 2 amide bonds. The van der Waals surface area contributed by atoms with Gasteiger partial charge in [0, 0.05) is 9.13 Å². The Kier molecular flexibility index (Phi) is 4.16. The topological polar surface area (TPSA) is 72.2 Å². The molecule has 5 heteroatoms. The summed E-state index contributed by atoms with van der Waals surface area (Å²) >= 11 is 2.13. The number of primary amides is 1. The number of nitrogens with two attached hydrogens (primary N) is 1. The number of nitrogens with one attached hydrogen (secondary N) is 1. The lowest BCUT2D eigenvalue weighted by Gasteiger charge is -2.08. The maximum absolute atomic E-state index is 12.1. The second-order valence-corrected chi connectivity index (χ2v) is 5.12. The van der Waals surface area contributed by atoms with Crippen molar-refractivity contribution in [3.8, 4) is 0 Å². The van der Waals surface area contributed by atoms with E-state index in [0.29, 0.717) is 16.8 Å². The van der Waals surface area contributed by atoms with Gasteiger partial charge in [0.1, 0.15) is 0 Å². The summed E-state index contributed by atoms with van der Waals surface area (Å²) in [5, 5.41) is 2.69. The fourth-order valence-corrected chi connectivity index (χ4v) is 2.17. The lowest BCUT2D eigenvalue weighted by Crippen LogP contribution is -2.18. The number of hydrogen-bond acceptors (Lipinski definition) is 2. The third-order valence-electron chi connectivity index (χ3n) is 2.53. The largest absolute Gasteiger partial charge is 0.366 e. The highest BCUT2D eigenvalue weighted by molar-refractivity contribution is 14.1. The smallest absolute Gasteiger partial charge is 0.255 e. The Bertz CT molecular complexity index is 641. The minimum atomic E-state index is -0.571. The van der Waals surface area contributed by atoms with Crippen molar-refractivity contribution in [1.29, 1.82) is 0 Å². The molecule has 0 heterocycles. The van der Waals surface area contributed by atoms with Crippen molar-refractivity contribution < 1.29 is 9.59 Å². The van der Waals surface area contributed by atoms with Crippen LogP contribution in [0.5, 0.6) is 0 Å². The van der Waals surface area contributed by atoms with E-state index in [9.17, 15) is 9.59 Å². The Morgan fingerprint density at radius 2 is 1.79 bits per heavy atom. The molecule has 0 radical (unpaired) electrons. The number of para-hydroxylation sites is 1. The molecule has 0 aliphatic carbocycles. The highest BCUT2D eigenvalue weighted by Crippen LogP contribution is 2.16. The van der Waals surface area contributed by atoms with Crippen LogP contribution in [-0.2, 0) is 0 Å². The molecule has 0 unspecified atom stereocenters. The fourth-order valence-electron chi connectivity index (χ4n) is 1.63. The highest BCUT2D eigenvalue weighted by atomic mass is 127. The summed E-state index contributed by atoms with van der Waals surface area (Å²) in [4.78, 5) is 23.3. The van der Waals surface area contributed by atoms with Crippen LogP contribution in [0.25, 0.3) is 0 Å². The molecule has 0 spiro atoms. The van der Waals surface area contributed by atoms with Crippen molar-refractivity contribution in [1.82, 2.24) is 0 Å². The van der Waals surface area contributed by atoms with Crippen molar-refractivity contribution in [2.75, 3.05) is 5.32 Å². The van der Waals surface area contributed by atoms with Crippen LogP contribution in [0.2, 0.25) is 0 Å². The molecule has 0 bridgehead atoms. The minimum Gasteiger partial charge on any atom is -0.366 e. The van der Waals surface area contributed by atoms with Crippen molar-refractivity contribution in [2.24, 2.45) is 5.73 Å². The number of halogens is 1. The zero-order chi connectivity index (χ0) is 13.8. The number of rotatable bonds is 3. The van der Waals surface area contributed by atoms with Gasteiger partial charge in [-0.25, -0.2) is 0 Å². The third kappa shape index (κ3) is 3.31. The van der Waals surface area contributed by atoms with Crippen LogP contribution in [-0.4, -0.2) is 11.8 Å². The number of benzene rings is 2. The van der Waals surface area contributed by atoms with Gasteiger partial charge in [0.15, 0.2) is 0 Å². The van der Waals surface area contributed by atoms with E-state index in [0.717, 1.165) is 3.57 Å². The van der Waals surface area contributed by atoms with Crippen LogP contribution in [0.1, 0.15) is 20.7 Å². The van der Waals surface area contributed by atoms with Gasteiger partial charge < -0.3 is 11.1 Å². The monoisotopic (exact) mass is 366 g/mol. The van der Waals surface area contributed by atoms with Crippen molar-refractivity contribution in [3.63, 3.8) is 0 Å². The summed E-state index contributed by atoms with van der Waals surface area (Å²) < 4.78 is 0.966. The Morgan fingerprint density at radius 3 is 2.47 bits per heavy atom. The molecule has 0 fully saturated rings. The minimum absolute atomic E-state index is 0.271. The highest BCUT2D eigenvalue weighted by Gasteiger charge is 2.11. The standard InChI is InChI=1S/C14H11IN2O2/c15-10-5-3-4-9(8-10)14(19)17-12-7-2-1-6-11(12)13(16)18/h1-8H,(H2,16,18)(H,17,19). The van der Waals surface area contributed by atoms with Crippen molar-refractivity contribution in [3.05, 3.63) is 63.2 Å². The number of anilines is 1. The number of hydrogen-bond donors (Lipinski definition) is 2. The zero-order valence-electron chi connectivity index (χ0n) is 9.89. The first-order valence-corrected chi connectivity index (χ1v) is 6.61. The average molecular weight is 366 g/mol. The second-order valence-electron chi connectivity index (χ2n) is 3.87. The predicted octanol–water partition coefficient (Wildman–Crippen LogP) is 2.64. The molecule has 4 nitrogen and oxygen atoms in total. The molecule has 96 valence electrons. The predicted molar refractivity (Wildman–Crippen MR) is 82.1 cm³/mol. The first-order valence-electron chi connectivity index (χ1n) is 5.53. The van der Waals surface area contributed by atoms with E-state index in [1.165, 1.54) is 0 Å². The van der Waals surface area contributed by atoms with Crippen LogP contribution in [0.15, 0.2) is 48.5 Å². The first kappa shape index (κ1) is 13.5. The summed E-state index contributed by atoms with van der Waals surface area (Å²) in [6.07, 6.45) is 0. The zero-order valence-corrected chi connectivity index (χ0v) is 12.0. The quantitative estimate of drug-likeness (QED) is 0.820. The molecule has 0 saturated heterocycles. The summed E-state index contributed by atoms with van der Waals surface area (Å²) in [5.41, 5.74) is 6.50. The molecule has 3 N–H and O–H groups in total. The Hall–Kier alpha value is -1.89. The van der Waals surface area contributed by atoms with E-state index in [1.54, 1.807) is 42.5 Å². The van der Waals surface area contributed by atoms with E-state index in [-0.39, 0.29) is 5.91 Å². The molecular formula is C14H11IN2O2. The van der Waals surface area contributed by atoms with Crippen molar-refractivity contribution >= 4 is 40.1 Å². The van der Waals surface area contributed by atoms with E-state index < -0.39 is 5.91 Å². The lowest BCUT2D eigenvalue weighted by atomic mass is 10.1. The maximum atomic E-state index is 12.1. The van der Waals surface area contributed by atoms with Gasteiger partial charge >= 0.3 is 0 Å². The fraction of sp³-hybridized carbons (Fsp3) is 0. The van der Waals surface area contributed by atoms with Gasteiger partial charge in [0.2, 0.25) is 0 Å². The molecular weight excluding hydrogens is 355 g/mol. The summed E-state index contributed by atoms with van der Waals surface area (Å²) in [6, 6.07) is 13.8. The van der Waals surface area contributed by atoms with E-state index >= 15 is 0 Å². The molecule has 0 atom stereocenters. The molecule has 0 aromatic heterocycles. The number of amides is 2. The van der Waals surface area contributed by atoms with Gasteiger partial charge in [0.25, 0.3) is 11.8 Å². The van der Waals surface area contributed by atoms with Gasteiger partial charge in [0.05, 0.1) is 11.3 Å². The molecule has 0 saturated carbocycles. The van der Waals surface area contributed by atoms with Crippen LogP contribution in [0.3, 0.4) is 0 Å². The van der Waals surface area contributed by atoms with E-state index in [4.69, 9.17) is 5.73 Å². The van der Waals surface area contributed by atoms with Crippen LogP contribution < -0.4 is 11.1 Å². The lowest BCUT2D eigenvalue weighted by molar-refractivity contribution is 0.100. The second kappa shape index (κ2) is 5.83. The molecule has 0 aliphatic heterocycles. The van der Waals surface area contributed by atoms with E-state index in [2.05, 4.69) is 27.9 Å². The Labute approximate surface area is 124 Å². The van der Waals surface area contributed by atoms with Gasteiger partial charge in [-0.1, -0.05) is 18.2 Å². The number of carbonyl (C=O) groups excluding carboxylic acids is 2. The van der Waals surface area contributed by atoms with Crippen LogP contribution >= 0.6 is 22.6 Å². The normalized spacial score (nSPS) is 9.95. The van der Waals surface area contributed by atoms with E-state index in [1.807, 2.05) is 6.07 Å². The molecule has 2 aromatic rings. The van der Waals surface area contributed by atoms with Gasteiger partial charge in [-0.3, -0.25) is 9.59 Å². The average Bonchev–Trinajstić information content (AvgIpc) is 2.39. The molecule has 19 heavy (non-hydrogen) atoms. The van der Waals surface area contributed by atoms with Gasteiger partial charge in [-0.15, -0.1) is 0 Å². The first-order chi connectivity index (χ1) is 9.08. The molecule has 2 rings (SSSR count). The summed E-state index contributed by atoms with van der Waals surface area (Å²) in [6.45, 7) is 0. The Morgan fingerprint density at radius 1 is 1.05 bits per heavy atom. The third-order valence-corrected chi connectivity index (χ3v) is 3.20. The molecule has 0 aliphatic rings. The van der Waals surface area contributed by atoms with Crippen LogP contribution in [0.4, 0.5) is 5.69 Å². The SMILES string of the molecule is NC(=O)c1ccccc1NC(=O)c1cccc(I)c1. The van der Waals surface area contributed by atoms with Gasteiger partial charge in [-0.05, 0) is 52.9 Å². The van der Waals surface area contributed by atoms with Crippen LogP contribution in [0, 0.1) is 3.57 Å². The maximum Gasteiger partial charge on any atom is 0.255 e. The summed E-state index contributed by atoms with van der Waals surface area (Å²) in [5.74, 6) is -0.842.